The Morgan fingerprint density at radius 2 is 2.21 bits per heavy atom. The maximum absolute atomic E-state index is 11.6. The first kappa shape index (κ1) is 13.9. The number of rotatable bonds is 4. The second kappa shape index (κ2) is 5.63. The highest BCUT2D eigenvalue weighted by atomic mass is 35.5. The van der Waals surface area contributed by atoms with Crippen LogP contribution < -0.4 is 5.69 Å². The Labute approximate surface area is 119 Å². The molecule has 1 aromatic carbocycles. The van der Waals surface area contributed by atoms with Crippen LogP contribution in [0.15, 0.2) is 33.0 Å². The summed E-state index contributed by atoms with van der Waals surface area (Å²) >= 11 is 7.28. The van der Waals surface area contributed by atoms with Gasteiger partial charge in [-0.2, -0.15) is 0 Å². The molecule has 2 rings (SSSR count). The molecule has 5 nitrogen and oxygen atoms in total. The van der Waals surface area contributed by atoms with E-state index in [0.29, 0.717) is 22.0 Å². The molecule has 0 aliphatic rings. The van der Waals surface area contributed by atoms with Crippen molar-refractivity contribution in [2.75, 3.05) is 0 Å². The van der Waals surface area contributed by atoms with Gasteiger partial charge >= 0.3 is 5.69 Å². The van der Waals surface area contributed by atoms with Gasteiger partial charge in [-0.3, -0.25) is 9.36 Å². The average molecular weight is 298 g/mol. The van der Waals surface area contributed by atoms with Crippen molar-refractivity contribution in [2.45, 2.75) is 29.9 Å². The van der Waals surface area contributed by atoms with E-state index in [1.807, 2.05) is 13.8 Å². The van der Waals surface area contributed by atoms with Gasteiger partial charge in [0.25, 0.3) is 0 Å². The molecule has 0 saturated carbocycles. The van der Waals surface area contributed by atoms with Gasteiger partial charge in [-0.25, -0.2) is 9.89 Å². The number of aromatic nitrogens is 3. The van der Waals surface area contributed by atoms with Crippen LogP contribution in [0.25, 0.3) is 0 Å². The highest BCUT2D eigenvalue weighted by Crippen LogP contribution is 2.29. The molecular formula is C12H12ClN3O2S. The lowest BCUT2D eigenvalue weighted by Gasteiger charge is -2.08. The number of hydrogen-bond acceptors (Lipinski definition) is 4. The van der Waals surface area contributed by atoms with Crippen molar-refractivity contribution < 1.29 is 4.79 Å². The average Bonchev–Trinajstić information content (AvgIpc) is 2.70. The largest absolute Gasteiger partial charge is 0.344 e. The van der Waals surface area contributed by atoms with Crippen LogP contribution >= 0.6 is 23.4 Å². The van der Waals surface area contributed by atoms with Gasteiger partial charge in [0.15, 0.2) is 11.4 Å². The second-order valence-electron chi connectivity index (χ2n) is 4.18. The molecule has 0 radical (unpaired) electrons. The van der Waals surface area contributed by atoms with Crippen LogP contribution in [-0.4, -0.2) is 21.1 Å². The number of nitrogens with zero attached hydrogens (tertiary/aromatic N) is 2. The van der Waals surface area contributed by atoms with Gasteiger partial charge < -0.3 is 0 Å². The Morgan fingerprint density at radius 3 is 2.79 bits per heavy atom. The molecule has 0 aliphatic heterocycles. The summed E-state index contributed by atoms with van der Waals surface area (Å²) in [4.78, 5) is 23.1. The highest BCUT2D eigenvalue weighted by Gasteiger charge is 2.13. The van der Waals surface area contributed by atoms with Crippen LogP contribution in [0.1, 0.15) is 30.2 Å². The highest BCUT2D eigenvalue weighted by molar-refractivity contribution is 7.99. The van der Waals surface area contributed by atoms with Crippen molar-refractivity contribution in [3.63, 3.8) is 0 Å². The molecule has 1 aromatic heterocycles. The predicted molar refractivity (Wildman–Crippen MR) is 74.2 cm³/mol. The van der Waals surface area contributed by atoms with E-state index in [0.717, 1.165) is 4.90 Å². The zero-order chi connectivity index (χ0) is 14.0. The molecule has 0 unspecified atom stereocenters. The van der Waals surface area contributed by atoms with E-state index >= 15 is 0 Å². The first-order chi connectivity index (χ1) is 9.02. The number of H-pyrrole nitrogens is 1. The van der Waals surface area contributed by atoms with Crippen LogP contribution in [0, 0.1) is 0 Å². The molecular weight excluding hydrogens is 286 g/mol. The Hall–Kier alpha value is -1.53. The smallest absolute Gasteiger partial charge is 0.298 e. The molecule has 0 saturated heterocycles. The lowest BCUT2D eigenvalue weighted by molar-refractivity contribution is 0.112. The van der Waals surface area contributed by atoms with Gasteiger partial charge in [-0.1, -0.05) is 11.6 Å². The predicted octanol–water partition coefficient (Wildman–Crippen LogP) is 2.77. The Morgan fingerprint density at radius 1 is 1.47 bits per heavy atom. The van der Waals surface area contributed by atoms with Crippen molar-refractivity contribution >= 4 is 29.6 Å². The van der Waals surface area contributed by atoms with Crippen LogP contribution in [0.2, 0.25) is 5.02 Å². The maximum atomic E-state index is 11.6. The third kappa shape index (κ3) is 2.90. The standard InChI is InChI=1S/C12H12ClN3O2S/c1-7(2)16-11(18)14-15-12(16)19-9-4-3-8(6-17)10(13)5-9/h3-7H,1-2H3,(H,14,18). The summed E-state index contributed by atoms with van der Waals surface area (Å²) in [5.41, 5.74) is 0.197. The molecule has 19 heavy (non-hydrogen) atoms. The first-order valence-electron chi connectivity index (χ1n) is 5.62. The molecule has 1 heterocycles. The second-order valence-corrected chi connectivity index (χ2v) is 5.63. The summed E-state index contributed by atoms with van der Waals surface area (Å²) in [6.45, 7) is 3.81. The van der Waals surface area contributed by atoms with Crippen LogP contribution in [0.3, 0.4) is 0 Å². The van der Waals surface area contributed by atoms with Gasteiger partial charge in [0.2, 0.25) is 0 Å². The molecule has 7 heteroatoms. The number of aromatic amines is 1. The fraction of sp³-hybridized carbons (Fsp3) is 0.250. The van der Waals surface area contributed by atoms with Crippen LogP contribution in [-0.2, 0) is 0 Å². The fourth-order valence-corrected chi connectivity index (χ4v) is 2.89. The molecule has 0 fully saturated rings. The summed E-state index contributed by atoms with van der Waals surface area (Å²) in [5, 5.41) is 7.35. The van der Waals surface area contributed by atoms with Crippen molar-refractivity contribution in [3.05, 3.63) is 39.3 Å². The van der Waals surface area contributed by atoms with Gasteiger partial charge in [0.05, 0.1) is 5.02 Å². The number of nitrogens with one attached hydrogen (secondary N) is 1. The lowest BCUT2D eigenvalue weighted by atomic mass is 10.2. The fourth-order valence-electron chi connectivity index (χ4n) is 1.59. The first-order valence-corrected chi connectivity index (χ1v) is 6.82. The minimum atomic E-state index is -0.242. The maximum Gasteiger partial charge on any atom is 0.344 e. The van der Waals surface area contributed by atoms with Gasteiger partial charge in [0, 0.05) is 16.5 Å². The Balaban J connectivity index is 2.34. The molecule has 0 atom stereocenters. The van der Waals surface area contributed by atoms with E-state index < -0.39 is 0 Å². The van der Waals surface area contributed by atoms with E-state index in [-0.39, 0.29) is 11.7 Å². The number of carbonyl (C=O) groups is 1. The molecule has 100 valence electrons. The summed E-state index contributed by atoms with van der Waals surface area (Å²) < 4.78 is 1.56. The third-order valence-electron chi connectivity index (χ3n) is 2.50. The van der Waals surface area contributed by atoms with Crippen molar-refractivity contribution in [2.24, 2.45) is 0 Å². The van der Waals surface area contributed by atoms with E-state index in [9.17, 15) is 9.59 Å². The summed E-state index contributed by atoms with van der Waals surface area (Å²) in [6.07, 6.45) is 0.704. The van der Waals surface area contributed by atoms with E-state index in [1.165, 1.54) is 11.8 Å². The lowest BCUT2D eigenvalue weighted by Crippen LogP contribution is -2.19. The molecule has 0 bridgehead atoms. The SMILES string of the molecule is CC(C)n1c(Sc2ccc(C=O)c(Cl)c2)n[nH]c1=O. The number of halogens is 1. The normalized spacial score (nSPS) is 10.9. The van der Waals surface area contributed by atoms with Gasteiger partial charge in [-0.05, 0) is 43.8 Å². The Bertz CT molecular complexity index is 663. The minimum Gasteiger partial charge on any atom is -0.298 e. The van der Waals surface area contributed by atoms with Crippen LogP contribution in [0.5, 0.6) is 0 Å². The quantitative estimate of drug-likeness (QED) is 0.881. The van der Waals surface area contributed by atoms with Gasteiger partial charge in [-0.15, -0.1) is 5.10 Å². The zero-order valence-corrected chi connectivity index (χ0v) is 12.0. The number of carbonyl (C=O) groups excluding carboxylic acids is 1. The number of hydrogen-bond donors (Lipinski definition) is 1. The third-order valence-corrected chi connectivity index (χ3v) is 3.78. The van der Waals surface area contributed by atoms with Crippen molar-refractivity contribution in [1.29, 1.82) is 0 Å². The minimum absolute atomic E-state index is 0.0125. The van der Waals surface area contributed by atoms with Gasteiger partial charge in [0.1, 0.15) is 0 Å². The monoisotopic (exact) mass is 297 g/mol. The summed E-state index contributed by atoms with van der Waals surface area (Å²) in [7, 11) is 0. The summed E-state index contributed by atoms with van der Waals surface area (Å²) in [6, 6.07) is 5.10. The molecule has 2 aromatic rings. The van der Waals surface area contributed by atoms with E-state index in [4.69, 9.17) is 11.6 Å². The zero-order valence-electron chi connectivity index (χ0n) is 10.4. The van der Waals surface area contributed by atoms with Crippen molar-refractivity contribution in [3.8, 4) is 0 Å². The van der Waals surface area contributed by atoms with E-state index in [1.54, 1.807) is 22.8 Å². The van der Waals surface area contributed by atoms with Crippen LogP contribution in [0.4, 0.5) is 0 Å². The Kier molecular flexibility index (Phi) is 4.11. The topological polar surface area (TPSA) is 67.8 Å². The van der Waals surface area contributed by atoms with E-state index in [2.05, 4.69) is 10.2 Å². The number of aldehydes is 1. The molecule has 0 aliphatic carbocycles. The molecule has 1 N–H and O–H groups in total. The molecule has 0 spiro atoms. The number of benzene rings is 1. The van der Waals surface area contributed by atoms with Crippen molar-refractivity contribution in [1.82, 2.24) is 14.8 Å². The molecule has 0 amide bonds. The summed E-state index contributed by atoms with van der Waals surface area (Å²) in [5.74, 6) is 0.